The van der Waals surface area contributed by atoms with Crippen LogP contribution in [-0.2, 0) is 0 Å². The van der Waals surface area contributed by atoms with E-state index >= 15 is 0 Å². The number of ketones is 1. The van der Waals surface area contributed by atoms with Crippen LogP contribution in [-0.4, -0.2) is 20.3 Å². The van der Waals surface area contributed by atoms with Crippen molar-refractivity contribution in [3.05, 3.63) is 66.4 Å². The van der Waals surface area contributed by atoms with Crippen LogP contribution in [0.25, 0.3) is 17.1 Å². The van der Waals surface area contributed by atoms with E-state index in [1.54, 1.807) is 29.5 Å². The fourth-order valence-corrected chi connectivity index (χ4v) is 2.23. The summed E-state index contributed by atoms with van der Waals surface area (Å²) in [6.07, 6.45) is 6.56. The van der Waals surface area contributed by atoms with Crippen LogP contribution in [0, 0.1) is 6.92 Å². The van der Waals surface area contributed by atoms with Crippen LogP contribution in [0.4, 0.5) is 0 Å². The molecule has 0 radical (unpaired) electrons. The third kappa shape index (κ3) is 1.91. The number of rotatable bonds is 3. The van der Waals surface area contributed by atoms with Crippen molar-refractivity contribution in [2.75, 3.05) is 0 Å². The molecular formula is C16H13N3O. The number of aromatic nitrogens is 3. The quantitative estimate of drug-likeness (QED) is 0.682. The van der Waals surface area contributed by atoms with Gasteiger partial charge in [0, 0.05) is 29.5 Å². The van der Waals surface area contributed by atoms with E-state index < -0.39 is 0 Å². The van der Waals surface area contributed by atoms with Crippen LogP contribution < -0.4 is 0 Å². The lowest BCUT2D eigenvalue weighted by Gasteiger charge is -2.06. The SMILES string of the molecule is C=Cn1cnc(C(=O)c2ccc3cccnc3c2C)c1. The van der Waals surface area contributed by atoms with E-state index in [2.05, 4.69) is 16.5 Å². The number of carbonyl (C=O) groups is 1. The normalized spacial score (nSPS) is 10.7. The molecule has 2 aromatic heterocycles. The molecule has 3 aromatic rings. The minimum Gasteiger partial charge on any atom is -0.313 e. The number of nitrogens with zero attached hydrogens (tertiary/aromatic N) is 3. The molecule has 98 valence electrons. The van der Waals surface area contributed by atoms with Crippen molar-refractivity contribution in [3.63, 3.8) is 0 Å². The molecule has 20 heavy (non-hydrogen) atoms. The summed E-state index contributed by atoms with van der Waals surface area (Å²) >= 11 is 0. The highest BCUT2D eigenvalue weighted by Crippen LogP contribution is 2.21. The summed E-state index contributed by atoms with van der Waals surface area (Å²) in [5.41, 5.74) is 2.76. The summed E-state index contributed by atoms with van der Waals surface area (Å²) in [4.78, 5) is 21.0. The zero-order valence-electron chi connectivity index (χ0n) is 11.1. The molecule has 4 heteroatoms. The van der Waals surface area contributed by atoms with Crippen LogP contribution in [0.3, 0.4) is 0 Å². The largest absolute Gasteiger partial charge is 0.313 e. The molecule has 0 N–H and O–H groups in total. The lowest BCUT2D eigenvalue weighted by Crippen LogP contribution is -2.05. The Morgan fingerprint density at radius 2 is 2.15 bits per heavy atom. The Hall–Kier alpha value is -2.75. The van der Waals surface area contributed by atoms with E-state index in [1.807, 2.05) is 31.2 Å². The highest BCUT2D eigenvalue weighted by Gasteiger charge is 2.16. The minimum absolute atomic E-state index is 0.101. The number of aryl methyl sites for hydroxylation is 1. The lowest BCUT2D eigenvalue weighted by molar-refractivity contribution is 0.103. The predicted octanol–water partition coefficient (Wildman–Crippen LogP) is 3.07. The van der Waals surface area contributed by atoms with Crippen LogP contribution in [0.15, 0.2) is 49.6 Å². The first-order chi connectivity index (χ1) is 9.70. The predicted molar refractivity (Wildman–Crippen MR) is 78.5 cm³/mol. The zero-order chi connectivity index (χ0) is 14.1. The fraction of sp³-hybridized carbons (Fsp3) is 0.0625. The van der Waals surface area contributed by atoms with Crippen LogP contribution in [0.2, 0.25) is 0 Å². The van der Waals surface area contributed by atoms with Gasteiger partial charge in [-0.1, -0.05) is 18.7 Å². The third-order valence-electron chi connectivity index (χ3n) is 3.32. The van der Waals surface area contributed by atoms with E-state index in [4.69, 9.17) is 0 Å². The average molecular weight is 263 g/mol. The maximum absolute atomic E-state index is 12.5. The van der Waals surface area contributed by atoms with Crippen LogP contribution >= 0.6 is 0 Å². The van der Waals surface area contributed by atoms with Crippen molar-refractivity contribution in [1.29, 1.82) is 0 Å². The van der Waals surface area contributed by atoms with Gasteiger partial charge in [-0.3, -0.25) is 9.78 Å². The van der Waals surface area contributed by atoms with Gasteiger partial charge in [0.1, 0.15) is 5.69 Å². The van der Waals surface area contributed by atoms with E-state index in [0.717, 1.165) is 16.5 Å². The van der Waals surface area contributed by atoms with E-state index in [0.29, 0.717) is 11.3 Å². The Balaban J connectivity index is 2.12. The molecule has 3 rings (SSSR count). The van der Waals surface area contributed by atoms with Gasteiger partial charge in [-0.15, -0.1) is 0 Å². The van der Waals surface area contributed by atoms with Gasteiger partial charge in [0.2, 0.25) is 5.78 Å². The maximum Gasteiger partial charge on any atom is 0.213 e. The number of fused-ring (bicyclic) bond motifs is 1. The molecule has 0 aliphatic carbocycles. The second-order valence-corrected chi connectivity index (χ2v) is 4.53. The second kappa shape index (κ2) is 4.74. The molecule has 1 aromatic carbocycles. The molecular weight excluding hydrogens is 250 g/mol. The summed E-state index contributed by atoms with van der Waals surface area (Å²) in [6.45, 7) is 5.55. The van der Waals surface area contributed by atoms with Gasteiger partial charge in [-0.05, 0) is 24.6 Å². The highest BCUT2D eigenvalue weighted by atomic mass is 16.1. The summed E-state index contributed by atoms with van der Waals surface area (Å²) < 4.78 is 1.65. The molecule has 0 fully saturated rings. The van der Waals surface area contributed by atoms with Crippen LogP contribution in [0.1, 0.15) is 21.6 Å². The number of pyridine rings is 1. The first-order valence-corrected chi connectivity index (χ1v) is 6.26. The van der Waals surface area contributed by atoms with Crippen molar-refractivity contribution in [1.82, 2.24) is 14.5 Å². The summed E-state index contributed by atoms with van der Waals surface area (Å²) in [7, 11) is 0. The Labute approximate surface area is 116 Å². The van der Waals surface area contributed by atoms with Gasteiger partial charge in [0.05, 0.1) is 11.8 Å². The standard InChI is InChI=1S/C16H13N3O/c1-3-19-9-14(18-10-19)16(20)13-7-6-12-5-4-8-17-15(12)11(13)2/h3-10H,1H2,2H3. The van der Waals surface area contributed by atoms with Crippen molar-refractivity contribution in [2.45, 2.75) is 6.92 Å². The van der Waals surface area contributed by atoms with E-state index in [1.165, 1.54) is 0 Å². The molecule has 0 atom stereocenters. The fourth-order valence-electron chi connectivity index (χ4n) is 2.23. The Bertz CT molecular complexity index is 817. The number of hydrogen-bond donors (Lipinski definition) is 0. The van der Waals surface area contributed by atoms with Gasteiger partial charge < -0.3 is 4.57 Å². The third-order valence-corrected chi connectivity index (χ3v) is 3.32. The van der Waals surface area contributed by atoms with E-state index in [9.17, 15) is 4.79 Å². The number of benzene rings is 1. The molecule has 0 aliphatic rings. The number of hydrogen-bond acceptors (Lipinski definition) is 3. The second-order valence-electron chi connectivity index (χ2n) is 4.53. The molecule has 0 aliphatic heterocycles. The van der Waals surface area contributed by atoms with Gasteiger partial charge in [-0.25, -0.2) is 4.98 Å². The first kappa shape index (κ1) is 12.3. The molecule has 0 spiro atoms. The Kier molecular flexibility index (Phi) is 2.91. The highest BCUT2D eigenvalue weighted by molar-refractivity contribution is 6.10. The van der Waals surface area contributed by atoms with Crippen molar-refractivity contribution < 1.29 is 4.79 Å². The lowest BCUT2D eigenvalue weighted by atomic mass is 10.00. The summed E-state index contributed by atoms with van der Waals surface area (Å²) in [5, 5.41) is 1.03. The Morgan fingerprint density at radius 1 is 1.30 bits per heavy atom. The molecule has 0 bridgehead atoms. The topological polar surface area (TPSA) is 47.8 Å². The number of carbonyl (C=O) groups excluding carboxylic acids is 1. The first-order valence-electron chi connectivity index (χ1n) is 6.26. The summed E-state index contributed by atoms with van der Waals surface area (Å²) in [5.74, 6) is -0.101. The van der Waals surface area contributed by atoms with Gasteiger partial charge in [0.15, 0.2) is 0 Å². The molecule has 0 saturated carbocycles. The van der Waals surface area contributed by atoms with Crippen LogP contribution in [0.5, 0.6) is 0 Å². The van der Waals surface area contributed by atoms with Crippen molar-refractivity contribution >= 4 is 22.9 Å². The Morgan fingerprint density at radius 3 is 2.90 bits per heavy atom. The molecule has 0 amide bonds. The molecule has 0 saturated heterocycles. The smallest absolute Gasteiger partial charge is 0.213 e. The van der Waals surface area contributed by atoms with Gasteiger partial charge in [-0.2, -0.15) is 0 Å². The number of imidazole rings is 1. The molecule has 4 nitrogen and oxygen atoms in total. The average Bonchev–Trinajstić information content (AvgIpc) is 2.96. The molecule has 0 unspecified atom stereocenters. The zero-order valence-corrected chi connectivity index (χ0v) is 11.1. The minimum atomic E-state index is -0.101. The van der Waals surface area contributed by atoms with E-state index in [-0.39, 0.29) is 5.78 Å². The van der Waals surface area contributed by atoms with Crippen molar-refractivity contribution in [2.24, 2.45) is 0 Å². The monoisotopic (exact) mass is 263 g/mol. The molecule has 2 heterocycles. The summed E-state index contributed by atoms with van der Waals surface area (Å²) in [6, 6.07) is 7.60. The van der Waals surface area contributed by atoms with Crippen molar-refractivity contribution in [3.8, 4) is 0 Å². The van der Waals surface area contributed by atoms with Gasteiger partial charge in [0.25, 0.3) is 0 Å². The maximum atomic E-state index is 12.5. The van der Waals surface area contributed by atoms with Gasteiger partial charge >= 0.3 is 0 Å².